The first-order valence-corrected chi connectivity index (χ1v) is 6.83. The average molecular weight is 356 g/mol. The maximum atomic E-state index is 13.2. The molecular weight excluding hydrogens is 342 g/mol. The van der Waals surface area contributed by atoms with E-state index in [2.05, 4.69) is 22.6 Å². The van der Waals surface area contributed by atoms with Gasteiger partial charge in [0.05, 0.1) is 6.10 Å². The number of aliphatic hydroxyl groups is 1. The molecule has 18 heavy (non-hydrogen) atoms. The zero-order chi connectivity index (χ0) is 13.1. The zero-order valence-corrected chi connectivity index (χ0v) is 12.2. The second kappa shape index (κ2) is 5.80. The van der Waals surface area contributed by atoms with Gasteiger partial charge in [0.2, 0.25) is 0 Å². The minimum Gasteiger partial charge on any atom is -0.388 e. The van der Waals surface area contributed by atoms with Crippen molar-refractivity contribution >= 4 is 22.6 Å². The molecule has 0 spiro atoms. The van der Waals surface area contributed by atoms with Crippen molar-refractivity contribution in [3.05, 3.63) is 68.5 Å². The van der Waals surface area contributed by atoms with E-state index in [4.69, 9.17) is 0 Å². The zero-order valence-electron chi connectivity index (χ0n) is 10.0. The lowest BCUT2D eigenvalue weighted by atomic mass is 9.98. The lowest BCUT2D eigenvalue weighted by Crippen LogP contribution is -2.05. The molecule has 1 unspecified atom stereocenters. The fourth-order valence-electron chi connectivity index (χ4n) is 1.92. The first-order valence-electron chi connectivity index (χ1n) is 5.75. The van der Waals surface area contributed by atoms with Crippen molar-refractivity contribution in [3.8, 4) is 0 Å². The van der Waals surface area contributed by atoms with Crippen molar-refractivity contribution in [1.82, 2.24) is 0 Å². The monoisotopic (exact) mass is 356 g/mol. The van der Waals surface area contributed by atoms with Crippen LogP contribution >= 0.6 is 22.6 Å². The minimum absolute atomic E-state index is 0.259. The molecule has 0 fully saturated rings. The molecule has 1 nitrogen and oxygen atoms in total. The Morgan fingerprint density at radius 3 is 2.67 bits per heavy atom. The molecular formula is C15H14FIO. The number of aliphatic hydroxyl groups excluding tert-OH is 1. The molecule has 0 aliphatic heterocycles. The number of hydrogen-bond acceptors (Lipinski definition) is 1. The summed E-state index contributed by atoms with van der Waals surface area (Å²) in [7, 11) is 0. The molecule has 0 saturated carbocycles. The Kier molecular flexibility index (Phi) is 4.35. The van der Waals surface area contributed by atoms with Crippen molar-refractivity contribution in [2.75, 3.05) is 0 Å². The number of hydrogen-bond donors (Lipinski definition) is 1. The summed E-state index contributed by atoms with van der Waals surface area (Å²) in [6.45, 7) is 1.93. The summed E-state index contributed by atoms with van der Waals surface area (Å²) in [5, 5.41) is 10.2. The molecule has 2 aromatic carbocycles. The Balaban J connectivity index is 2.24. The smallest absolute Gasteiger partial charge is 0.123 e. The van der Waals surface area contributed by atoms with Crippen LogP contribution in [0.5, 0.6) is 0 Å². The normalized spacial score (nSPS) is 12.4. The van der Waals surface area contributed by atoms with Crippen LogP contribution in [0, 0.1) is 16.3 Å². The van der Waals surface area contributed by atoms with Gasteiger partial charge in [-0.25, -0.2) is 4.39 Å². The molecule has 0 aliphatic carbocycles. The quantitative estimate of drug-likeness (QED) is 0.824. The predicted octanol–water partition coefficient (Wildman–Crippen LogP) is 4.01. The van der Waals surface area contributed by atoms with Crippen LogP contribution in [0.1, 0.15) is 22.8 Å². The Hall–Kier alpha value is -0.940. The van der Waals surface area contributed by atoms with Gasteiger partial charge in [-0.2, -0.15) is 0 Å². The van der Waals surface area contributed by atoms with Crippen molar-refractivity contribution in [2.45, 2.75) is 19.4 Å². The van der Waals surface area contributed by atoms with Gasteiger partial charge >= 0.3 is 0 Å². The maximum absolute atomic E-state index is 13.2. The van der Waals surface area contributed by atoms with Crippen LogP contribution in [0.2, 0.25) is 0 Å². The third kappa shape index (κ3) is 3.09. The third-order valence-electron chi connectivity index (χ3n) is 2.99. The van der Waals surface area contributed by atoms with Crippen LogP contribution in [-0.4, -0.2) is 5.11 Å². The summed E-state index contributed by atoms with van der Waals surface area (Å²) < 4.78 is 14.2. The Bertz CT molecular complexity index is 554. The Labute approximate surface area is 120 Å². The molecule has 0 amide bonds. The summed E-state index contributed by atoms with van der Waals surface area (Å²) in [6, 6.07) is 12.4. The number of rotatable bonds is 3. The van der Waals surface area contributed by atoms with E-state index in [9.17, 15) is 9.50 Å². The van der Waals surface area contributed by atoms with E-state index in [1.807, 2.05) is 31.2 Å². The topological polar surface area (TPSA) is 20.2 Å². The second-order valence-corrected chi connectivity index (χ2v) is 5.47. The second-order valence-electron chi connectivity index (χ2n) is 4.31. The van der Waals surface area contributed by atoms with Crippen LogP contribution in [0.4, 0.5) is 4.39 Å². The van der Waals surface area contributed by atoms with E-state index in [-0.39, 0.29) is 5.82 Å². The first-order chi connectivity index (χ1) is 8.58. The minimum atomic E-state index is -0.599. The highest BCUT2D eigenvalue weighted by Crippen LogP contribution is 2.24. The van der Waals surface area contributed by atoms with Gasteiger partial charge in [0.1, 0.15) is 5.82 Å². The maximum Gasteiger partial charge on any atom is 0.123 e. The Morgan fingerprint density at radius 2 is 1.94 bits per heavy atom. The van der Waals surface area contributed by atoms with Crippen molar-refractivity contribution in [1.29, 1.82) is 0 Å². The highest BCUT2D eigenvalue weighted by Gasteiger charge is 2.13. The SMILES string of the molecule is Cc1ccc(F)cc1CC(O)c1ccccc1I. The summed E-state index contributed by atoms with van der Waals surface area (Å²) in [4.78, 5) is 0. The van der Waals surface area contributed by atoms with Gasteiger partial charge in [-0.1, -0.05) is 24.3 Å². The standard InChI is InChI=1S/C15H14FIO/c1-10-6-7-12(16)8-11(10)9-15(18)13-4-2-3-5-14(13)17/h2-8,15,18H,9H2,1H3. The highest BCUT2D eigenvalue weighted by atomic mass is 127. The van der Waals surface area contributed by atoms with Gasteiger partial charge in [-0.15, -0.1) is 0 Å². The number of aryl methyl sites for hydroxylation is 1. The van der Waals surface area contributed by atoms with Crippen molar-refractivity contribution in [2.24, 2.45) is 0 Å². The molecule has 0 aromatic heterocycles. The average Bonchev–Trinajstić information content (AvgIpc) is 2.34. The number of benzene rings is 2. The predicted molar refractivity (Wildman–Crippen MR) is 79.0 cm³/mol. The lowest BCUT2D eigenvalue weighted by molar-refractivity contribution is 0.177. The fraction of sp³-hybridized carbons (Fsp3) is 0.200. The van der Waals surface area contributed by atoms with Crippen molar-refractivity contribution < 1.29 is 9.50 Å². The first kappa shape index (κ1) is 13.5. The van der Waals surface area contributed by atoms with E-state index >= 15 is 0 Å². The molecule has 0 bridgehead atoms. The van der Waals surface area contributed by atoms with Gasteiger partial charge in [0.15, 0.2) is 0 Å². The molecule has 3 heteroatoms. The van der Waals surface area contributed by atoms with Gasteiger partial charge in [-0.05, 0) is 64.4 Å². The molecule has 0 aliphatic rings. The highest BCUT2D eigenvalue weighted by molar-refractivity contribution is 14.1. The van der Waals surface area contributed by atoms with E-state index < -0.39 is 6.10 Å². The summed E-state index contributed by atoms with van der Waals surface area (Å²) in [5.74, 6) is -0.259. The van der Waals surface area contributed by atoms with E-state index in [1.54, 1.807) is 6.07 Å². The molecule has 0 radical (unpaired) electrons. The molecule has 0 heterocycles. The van der Waals surface area contributed by atoms with Crippen LogP contribution in [0.25, 0.3) is 0 Å². The van der Waals surface area contributed by atoms with Gasteiger partial charge in [0.25, 0.3) is 0 Å². The summed E-state index contributed by atoms with van der Waals surface area (Å²) in [5.41, 5.74) is 2.74. The third-order valence-corrected chi connectivity index (χ3v) is 3.97. The largest absolute Gasteiger partial charge is 0.388 e. The van der Waals surface area contributed by atoms with Crippen LogP contribution in [0.3, 0.4) is 0 Å². The molecule has 0 saturated heterocycles. The molecule has 1 N–H and O–H groups in total. The molecule has 2 rings (SSSR count). The van der Waals surface area contributed by atoms with Crippen LogP contribution in [-0.2, 0) is 6.42 Å². The molecule has 1 atom stereocenters. The van der Waals surface area contributed by atoms with Gasteiger partial charge in [0, 0.05) is 9.99 Å². The van der Waals surface area contributed by atoms with Gasteiger partial charge < -0.3 is 5.11 Å². The summed E-state index contributed by atoms with van der Waals surface area (Å²) in [6.07, 6.45) is -0.164. The van der Waals surface area contributed by atoms with E-state index in [0.717, 1.165) is 20.3 Å². The van der Waals surface area contributed by atoms with Crippen LogP contribution in [0.15, 0.2) is 42.5 Å². The Morgan fingerprint density at radius 1 is 1.22 bits per heavy atom. The summed E-state index contributed by atoms with van der Waals surface area (Å²) >= 11 is 2.20. The van der Waals surface area contributed by atoms with E-state index in [1.165, 1.54) is 12.1 Å². The van der Waals surface area contributed by atoms with E-state index in [0.29, 0.717) is 6.42 Å². The molecule has 94 valence electrons. The van der Waals surface area contributed by atoms with Crippen LogP contribution < -0.4 is 0 Å². The number of halogens is 2. The molecule has 2 aromatic rings. The van der Waals surface area contributed by atoms with Gasteiger partial charge in [-0.3, -0.25) is 0 Å². The fourth-order valence-corrected chi connectivity index (χ4v) is 2.67. The lowest BCUT2D eigenvalue weighted by Gasteiger charge is -2.14. The van der Waals surface area contributed by atoms with Crippen molar-refractivity contribution in [3.63, 3.8) is 0 Å².